The molecule has 0 spiro atoms. The second-order valence-electron chi connectivity index (χ2n) is 3.60. The molecule has 4 heteroatoms. The Morgan fingerprint density at radius 2 is 2.31 bits per heavy atom. The van der Waals surface area contributed by atoms with Crippen molar-refractivity contribution < 1.29 is 14.6 Å². The third-order valence-electron chi connectivity index (χ3n) is 1.82. The second kappa shape index (κ2) is 5.32. The summed E-state index contributed by atoms with van der Waals surface area (Å²) in [7, 11) is 0. The van der Waals surface area contributed by atoms with Crippen molar-refractivity contribution in [3.63, 3.8) is 0 Å². The predicted octanol–water partition coefficient (Wildman–Crippen LogP) is 1.06. The standard InChI is InChI=1S/C9H18O3Se/c1-9(2)11-6-8(12-9)7-13-5-3-4-10/h8,10H,3-7H2,1-2H3. The quantitative estimate of drug-likeness (QED) is 0.588. The van der Waals surface area contributed by atoms with Crippen molar-refractivity contribution in [3.8, 4) is 0 Å². The first-order chi connectivity index (χ1) is 6.14. The normalized spacial score (nSPS) is 26.5. The van der Waals surface area contributed by atoms with Gasteiger partial charge in [-0.25, -0.2) is 0 Å². The van der Waals surface area contributed by atoms with Crippen LogP contribution in [-0.4, -0.2) is 45.2 Å². The number of hydrogen-bond acceptors (Lipinski definition) is 3. The van der Waals surface area contributed by atoms with Crippen LogP contribution in [0.1, 0.15) is 20.3 Å². The van der Waals surface area contributed by atoms with Gasteiger partial charge in [-0.1, -0.05) is 0 Å². The molecule has 13 heavy (non-hydrogen) atoms. The van der Waals surface area contributed by atoms with Crippen LogP contribution in [0.2, 0.25) is 10.6 Å². The van der Waals surface area contributed by atoms with Crippen LogP contribution >= 0.6 is 0 Å². The molecule has 1 aliphatic heterocycles. The summed E-state index contributed by atoms with van der Waals surface area (Å²) in [5.41, 5.74) is 0. The van der Waals surface area contributed by atoms with Crippen molar-refractivity contribution in [1.82, 2.24) is 0 Å². The number of hydrogen-bond donors (Lipinski definition) is 1. The van der Waals surface area contributed by atoms with E-state index in [1.54, 1.807) is 0 Å². The number of aliphatic hydroxyl groups excluding tert-OH is 1. The summed E-state index contributed by atoms with van der Waals surface area (Å²) in [4.78, 5) is 0. The molecule has 1 saturated heterocycles. The monoisotopic (exact) mass is 254 g/mol. The van der Waals surface area contributed by atoms with Gasteiger partial charge in [-0.15, -0.1) is 0 Å². The molecular weight excluding hydrogens is 235 g/mol. The van der Waals surface area contributed by atoms with Gasteiger partial charge < -0.3 is 0 Å². The predicted molar refractivity (Wildman–Crippen MR) is 52.0 cm³/mol. The summed E-state index contributed by atoms with van der Waals surface area (Å²) in [5.74, 6) is -0.377. The minimum absolute atomic E-state index is 0.286. The van der Waals surface area contributed by atoms with E-state index in [0.717, 1.165) is 23.7 Å². The Kier molecular flexibility index (Phi) is 4.70. The van der Waals surface area contributed by atoms with E-state index in [2.05, 4.69) is 0 Å². The van der Waals surface area contributed by atoms with Crippen molar-refractivity contribution in [2.45, 2.75) is 42.8 Å². The van der Waals surface area contributed by atoms with Crippen LogP contribution in [0.25, 0.3) is 0 Å². The van der Waals surface area contributed by atoms with Gasteiger partial charge in [-0.05, 0) is 0 Å². The van der Waals surface area contributed by atoms with E-state index in [1.165, 1.54) is 0 Å². The maximum atomic E-state index is 8.60. The number of aliphatic hydroxyl groups is 1. The van der Waals surface area contributed by atoms with Gasteiger partial charge in [-0.2, -0.15) is 0 Å². The maximum absolute atomic E-state index is 8.60. The molecule has 0 amide bonds. The molecule has 3 nitrogen and oxygen atoms in total. The fraction of sp³-hybridized carbons (Fsp3) is 1.00. The van der Waals surface area contributed by atoms with E-state index in [0.29, 0.717) is 21.6 Å². The Hall–Kier alpha value is 0.399. The molecule has 0 aromatic heterocycles. The molecule has 1 unspecified atom stereocenters. The molecule has 1 aliphatic rings. The van der Waals surface area contributed by atoms with Gasteiger partial charge in [0.2, 0.25) is 0 Å². The average Bonchev–Trinajstić information content (AvgIpc) is 2.40. The van der Waals surface area contributed by atoms with Gasteiger partial charge in [-0.3, -0.25) is 0 Å². The Bertz CT molecular complexity index is 150. The Morgan fingerprint density at radius 1 is 1.54 bits per heavy atom. The van der Waals surface area contributed by atoms with E-state index in [4.69, 9.17) is 14.6 Å². The van der Waals surface area contributed by atoms with E-state index in [-0.39, 0.29) is 11.9 Å². The molecule has 1 atom stereocenters. The minimum atomic E-state index is -0.377. The Balaban J connectivity index is 2.04. The topological polar surface area (TPSA) is 38.7 Å². The fourth-order valence-corrected chi connectivity index (χ4v) is 3.17. The molecular formula is C9H18O3Se. The molecule has 0 aliphatic carbocycles. The van der Waals surface area contributed by atoms with Gasteiger partial charge in [0.25, 0.3) is 0 Å². The zero-order valence-electron chi connectivity index (χ0n) is 8.28. The zero-order valence-corrected chi connectivity index (χ0v) is 10.00. The van der Waals surface area contributed by atoms with Crippen LogP contribution < -0.4 is 0 Å². The van der Waals surface area contributed by atoms with Crippen LogP contribution in [0.4, 0.5) is 0 Å². The average molecular weight is 253 g/mol. The molecule has 0 radical (unpaired) electrons. The first-order valence-corrected chi connectivity index (χ1v) is 7.07. The van der Waals surface area contributed by atoms with Crippen molar-refractivity contribution in [2.24, 2.45) is 0 Å². The molecule has 1 N–H and O–H groups in total. The summed E-state index contributed by atoms with van der Waals surface area (Å²) in [5, 5.41) is 10.8. The molecule has 1 heterocycles. The van der Waals surface area contributed by atoms with E-state index in [9.17, 15) is 0 Å². The SMILES string of the molecule is CC1(C)OCC(C[Se]CCCO)O1. The van der Waals surface area contributed by atoms with Crippen molar-refractivity contribution in [1.29, 1.82) is 0 Å². The molecule has 78 valence electrons. The van der Waals surface area contributed by atoms with Gasteiger partial charge in [0.1, 0.15) is 0 Å². The molecule has 1 rings (SSSR count). The van der Waals surface area contributed by atoms with E-state index < -0.39 is 0 Å². The van der Waals surface area contributed by atoms with Gasteiger partial charge in [0.05, 0.1) is 0 Å². The van der Waals surface area contributed by atoms with Gasteiger partial charge in [0, 0.05) is 0 Å². The summed E-state index contributed by atoms with van der Waals surface area (Å²) in [6.07, 6.45) is 1.21. The van der Waals surface area contributed by atoms with Crippen LogP contribution in [0, 0.1) is 0 Å². The summed E-state index contributed by atoms with van der Waals surface area (Å²) < 4.78 is 11.1. The zero-order chi connectivity index (χ0) is 9.73. The van der Waals surface area contributed by atoms with Crippen molar-refractivity contribution in [3.05, 3.63) is 0 Å². The first-order valence-electron chi connectivity index (χ1n) is 4.64. The van der Waals surface area contributed by atoms with Crippen LogP contribution in [0.15, 0.2) is 0 Å². The Labute approximate surface area is 86.0 Å². The van der Waals surface area contributed by atoms with E-state index in [1.807, 2.05) is 13.8 Å². The number of rotatable bonds is 5. The van der Waals surface area contributed by atoms with Crippen molar-refractivity contribution >= 4 is 15.0 Å². The summed E-state index contributed by atoms with van der Waals surface area (Å²) in [6.45, 7) is 4.95. The van der Waals surface area contributed by atoms with Crippen LogP contribution in [-0.2, 0) is 9.47 Å². The first kappa shape index (κ1) is 11.5. The third kappa shape index (κ3) is 4.43. The third-order valence-corrected chi connectivity index (χ3v) is 4.30. The summed E-state index contributed by atoms with van der Waals surface area (Å²) in [6, 6.07) is 0. The molecule has 0 saturated carbocycles. The molecule has 1 fully saturated rings. The van der Waals surface area contributed by atoms with Crippen LogP contribution in [0.5, 0.6) is 0 Å². The summed E-state index contributed by atoms with van der Waals surface area (Å²) >= 11 is 0.594. The second-order valence-corrected chi connectivity index (χ2v) is 6.02. The number of ether oxygens (including phenoxy) is 2. The van der Waals surface area contributed by atoms with Gasteiger partial charge >= 0.3 is 85.5 Å². The van der Waals surface area contributed by atoms with E-state index >= 15 is 0 Å². The molecule has 0 bridgehead atoms. The van der Waals surface area contributed by atoms with Gasteiger partial charge in [0.15, 0.2) is 0 Å². The van der Waals surface area contributed by atoms with Crippen LogP contribution in [0.3, 0.4) is 0 Å². The molecule has 0 aromatic rings. The Morgan fingerprint density at radius 3 is 2.85 bits per heavy atom. The van der Waals surface area contributed by atoms with Crippen molar-refractivity contribution in [2.75, 3.05) is 13.2 Å². The molecule has 0 aromatic carbocycles. The fourth-order valence-electron chi connectivity index (χ4n) is 1.23.